The lowest BCUT2D eigenvalue weighted by atomic mass is 9.64. The maximum absolute atomic E-state index is 7.64. The average molecular weight is 444 g/mol. The van der Waals surface area contributed by atoms with E-state index in [1.165, 1.54) is 46.1 Å². The molecule has 0 saturated heterocycles. The summed E-state index contributed by atoms with van der Waals surface area (Å²) in [6, 6.07) is 7.27. The third kappa shape index (κ3) is 3.63. The molecule has 0 spiro atoms. The first-order valence-corrected chi connectivity index (χ1v) is 12.5. The van der Waals surface area contributed by atoms with Crippen LogP contribution in [0.3, 0.4) is 0 Å². The number of H-pyrrole nitrogens is 1. The molecule has 2 heterocycles. The summed E-state index contributed by atoms with van der Waals surface area (Å²) in [6.07, 6.45) is 12.7. The quantitative estimate of drug-likeness (QED) is 0.362. The number of guanidine groups is 1. The first-order valence-electron chi connectivity index (χ1n) is 12.5. The molecule has 0 amide bonds. The van der Waals surface area contributed by atoms with Crippen molar-refractivity contribution in [3.05, 3.63) is 64.9 Å². The highest BCUT2D eigenvalue weighted by molar-refractivity contribution is 5.94. The van der Waals surface area contributed by atoms with Gasteiger partial charge >= 0.3 is 0 Å². The van der Waals surface area contributed by atoms with Crippen molar-refractivity contribution >= 4 is 22.5 Å². The number of aromatic nitrogens is 1. The molecule has 0 fully saturated rings. The zero-order valence-electron chi connectivity index (χ0n) is 20.3. The van der Waals surface area contributed by atoms with Gasteiger partial charge in [-0.3, -0.25) is 10.3 Å². The fourth-order valence-electron chi connectivity index (χ4n) is 6.34. The van der Waals surface area contributed by atoms with Gasteiger partial charge in [-0.25, -0.2) is 0 Å². The highest BCUT2D eigenvalue weighted by Crippen LogP contribution is 2.52. The zero-order valence-corrected chi connectivity index (χ0v) is 20.3. The van der Waals surface area contributed by atoms with Crippen LogP contribution in [0.5, 0.6) is 0 Å². The Balaban J connectivity index is 1.69. The van der Waals surface area contributed by atoms with Gasteiger partial charge in [0.2, 0.25) is 0 Å². The van der Waals surface area contributed by atoms with Gasteiger partial charge in [-0.05, 0) is 68.5 Å². The molecule has 5 heteroatoms. The topological polar surface area (TPSA) is 80.9 Å². The standard InChI is InChI=1S/C28H37N5/c1-5-6-13-33-18(4)16(2)14-23-22-15-19(31-28(29)30)11-12-24(22)32-26(23)21-10-8-7-9-20-17(3)25(21)27(20)33/h7-12,15-16,18,21,25,27,32H,5-6,13-14H2,1-4H3,(H4,29,30,31)/b9-7-,10-8-/t16?,18?,21?,25?,27-/m1/s1. The van der Waals surface area contributed by atoms with Crippen LogP contribution in [-0.2, 0) is 6.42 Å². The van der Waals surface area contributed by atoms with Gasteiger partial charge in [0, 0.05) is 46.2 Å². The molecule has 5 nitrogen and oxygen atoms in total. The van der Waals surface area contributed by atoms with Crippen molar-refractivity contribution in [1.29, 1.82) is 5.41 Å². The molecule has 5 N–H and O–H groups in total. The lowest BCUT2D eigenvalue weighted by Crippen LogP contribution is -2.55. The number of unbranched alkanes of at least 4 members (excludes halogenated alkanes) is 1. The van der Waals surface area contributed by atoms with Gasteiger partial charge in [-0.2, -0.15) is 0 Å². The summed E-state index contributed by atoms with van der Waals surface area (Å²) in [6.45, 7) is 10.6. The van der Waals surface area contributed by atoms with Crippen LogP contribution in [0.15, 0.2) is 53.6 Å². The lowest BCUT2D eigenvalue weighted by molar-refractivity contribution is 0.0814. The largest absolute Gasteiger partial charge is 0.370 e. The van der Waals surface area contributed by atoms with E-state index in [0.717, 1.165) is 18.7 Å². The van der Waals surface area contributed by atoms with E-state index in [-0.39, 0.29) is 5.96 Å². The van der Waals surface area contributed by atoms with Crippen LogP contribution in [-0.4, -0.2) is 34.5 Å². The van der Waals surface area contributed by atoms with Gasteiger partial charge in [0.25, 0.3) is 0 Å². The lowest BCUT2D eigenvalue weighted by Gasteiger charge is -2.51. The Morgan fingerprint density at radius 3 is 2.85 bits per heavy atom. The highest BCUT2D eigenvalue weighted by Gasteiger charge is 2.48. The number of nitrogens with one attached hydrogen (secondary N) is 3. The second kappa shape index (κ2) is 8.53. The van der Waals surface area contributed by atoms with Crippen LogP contribution >= 0.6 is 0 Å². The Morgan fingerprint density at radius 2 is 2.09 bits per heavy atom. The van der Waals surface area contributed by atoms with Gasteiger partial charge in [0.05, 0.1) is 0 Å². The molecular weight excluding hydrogens is 406 g/mol. The monoisotopic (exact) mass is 443 g/mol. The number of hydrogen-bond acceptors (Lipinski definition) is 2. The Morgan fingerprint density at radius 1 is 1.27 bits per heavy atom. The van der Waals surface area contributed by atoms with Crippen LogP contribution in [0.2, 0.25) is 0 Å². The Labute approximate surface area is 197 Å². The van der Waals surface area contributed by atoms with Crippen molar-refractivity contribution in [2.45, 2.75) is 65.0 Å². The van der Waals surface area contributed by atoms with Gasteiger partial charge in [0.1, 0.15) is 0 Å². The van der Waals surface area contributed by atoms with Crippen LogP contribution < -0.4 is 11.1 Å². The number of aromatic amines is 1. The summed E-state index contributed by atoms with van der Waals surface area (Å²) in [5.41, 5.74) is 13.5. The van der Waals surface area contributed by atoms with E-state index >= 15 is 0 Å². The second-order valence-corrected chi connectivity index (χ2v) is 10.2. The normalized spacial score (nSPS) is 30.8. The SMILES string of the molecule is CCCCN1C(C)C(C)Cc2c([nH]c3ccc(NC(=N)N)cc23)C2/C=C\C=C/C3=C(C)C2[C@@H]31. The van der Waals surface area contributed by atoms with E-state index < -0.39 is 0 Å². The molecule has 0 saturated carbocycles. The van der Waals surface area contributed by atoms with Crippen LogP contribution in [0.1, 0.15) is 57.7 Å². The third-order valence-electron chi connectivity index (χ3n) is 8.26. The predicted octanol–water partition coefficient (Wildman–Crippen LogP) is 5.68. The molecule has 1 aliphatic heterocycles. The fraction of sp³-hybridized carbons (Fsp3) is 0.464. The molecule has 33 heavy (non-hydrogen) atoms. The van der Waals surface area contributed by atoms with E-state index in [9.17, 15) is 0 Å². The Hall–Kier alpha value is -2.79. The summed E-state index contributed by atoms with van der Waals surface area (Å²) in [7, 11) is 0. The number of nitrogens with two attached hydrogens (primary N) is 1. The highest BCUT2D eigenvalue weighted by atomic mass is 15.2. The van der Waals surface area contributed by atoms with Crippen molar-refractivity contribution in [1.82, 2.24) is 9.88 Å². The van der Waals surface area contributed by atoms with E-state index in [2.05, 4.69) is 79.3 Å². The van der Waals surface area contributed by atoms with Crippen molar-refractivity contribution in [2.75, 3.05) is 11.9 Å². The first-order chi connectivity index (χ1) is 15.9. The van der Waals surface area contributed by atoms with Crippen LogP contribution in [0.4, 0.5) is 5.69 Å². The summed E-state index contributed by atoms with van der Waals surface area (Å²) in [4.78, 5) is 6.65. The molecule has 174 valence electrons. The van der Waals surface area contributed by atoms with Crippen LogP contribution in [0.25, 0.3) is 10.9 Å². The van der Waals surface area contributed by atoms with Crippen molar-refractivity contribution < 1.29 is 0 Å². The van der Waals surface area contributed by atoms with Gasteiger partial charge in [-0.1, -0.05) is 50.1 Å². The minimum atomic E-state index is -0.0292. The molecule has 2 aromatic rings. The molecule has 4 unspecified atom stereocenters. The maximum Gasteiger partial charge on any atom is 0.190 e. The van der Waals surface area contributed by atoms with Gasteiger partial charge in [0.15, 0.2) is 5.96 Å². The first kappa shape index (κ1) is 22.0. The molecule has 5 rings (SSSR count). The number of benzene rings is 1. The minimum absolute atomic E-state index is 0.0292. The average Bonchev–Trinajstić information content (AvgIpc) is 3.11. The fourth-order valence-corrected chi connectivity index (χ4v) is 6.34. The van der Waals surface area contributed by atoms with Crippen molar-refractivity contribution in [2.24, 2.45) is 17.6 Å². The molecular formula is C28H37N5. The van der Waals surface area contributed by atoms with E-state index in [4.69, 9.17) is 11.1 Å². The van der Waals surface area contributed by atoms with Gasteiger partial charge in [-0.15, -0.1) is 0 Å². The Bertz CT molecular complexity index is 1170. The van der Waals surface area contributed by atoms with Gasteiger partial charge < -0.3 is 16.0 Å². The number of anilines is 1. The number of nitrogens with zero attached hydrogens (tertiary/aromatic N) is 1. The number of hydrogen-bond donors (Lipinski definition) is 4. The molecule has 0 radical (unpaired) electrons. The minimum Gasteiger partial charge on any atom is -0.370 e. The number of rotatable bonds is 4. The molecule has 2 bridgehead atoms. The summed E-state index contributed by atoms with van der Waals surface area (Å²) in [5, 5.41) is 11.9. The third-order valence-corrected chi connectivity index (χ3v) is 8.26. The smallest absolute Gasteiger partial charge is 0.190 e. The molecule has 2 aliphatic carbocycles. The number of allylic oxidation sites excluding steroid dienone is 3. The summed E-state index contributed by atoms with van der Waals surface area (Å²) < 4.78 is 0. The van der Waals surface area contributed by atoms with Crippen molar-refractivity contribution in [3.63, 3.8) is 0 Å². The van der Waals surface area contributed by atoms with E-state index in [0.29, 0.717) is 29.8 Å². The maximum atomic E-state index is 7.64. The predicted molar refractivity (Wildman–Crippen MR) is 139 cm³/mol. The second-order valence-electron chi connectivity index (χ2n) is 10.2. The molecule has 1 aromatic carbocycles. The van der Waals surface area contributed by atoms with Crippen molar-refractivity contribution in [3.8, 4) is 0 Å². The zero-order chi connectivity index (χ0) is 23.3. The molecule has 1 aromatic heterocycles. The summed E-state index contributed by atoms with van der Waals surface area (Å²) >= 11 is 0. The molecule has 5 atom stereocenters. The summed E-state index contributed by atoms with van der Waals surface area (Å²) in [5.74, 6) is 1.32. The Kier molecular flexibility index (Phi) is 5.69. The number of fused-ring (bicyclic) bond motifs is 5. The van der Waals surface area contributed by atoms with Crippen LogP contribution in [0, 0.1) is 17.2 Å². The van der Waals surface area contributed by atoms with E-state index in [1.54, 1.807) is 0 Å². The van der Waals surface area contributed by atoms with E-state index in [1.807, 2.05) is 6.07 Å². The molecule has 3 aliphatic rings.